The molecule has 92 valence electrons. The molecule has 0 aliphatic heterocycles. The van der Waals surface area contributed by atoms with E-state index in [0.29, 0.717) is 11.3 Å². The highest BCUT2D eigenvalue weighted by molar-refractivity contribution is 6.18. The second-order valence-corrected chi connectivity index (χ2v) is 5.99. The molecule has 2 unspecified atom stereocenters. The lowest BCUT2D eigenvalue weighted by Crippen LogP contribution is -2.26. The van der Waals surface area contributed by atoms with Crippen molar-refractivity contribution < 1.29 is 0 Å². The fraction of sp³-hybridized carbons (Fsp3) is 1.00. The summed E-state index contributed by atoms with van der Waals surface area (Å²) >= 11 is 6.11. The Morgan fingerprint density at radius 3 is 2.13 bits per heavy atom. The lowest BCUT2D eigenvalue weighted by atomic mass is 9.73. The zero-order chi connectivity index (χ0) is 11.9. The van der Waals surface area contributed by atoms with Crippen molar-refractivity contribution in [2.45, 2.75) is 66.7 Å². The summed E-state index contributed by atoms with van der Waals surface area (Å²) in [4.78, 5) is 0. The van der Waals surface area contributed by atoms with E-state index in [4.69, 9.17) is 11.6 Å². The van der Waals surface area contributed by atoms with Crippen molar-refractivity contribution in [1.82, 2.24) is 0 Å². The molecular weight excluding hydrogens is 204 g/mol. The highest BCUT2D eigenvalue weighted by atomic mass is 35.5. The fourth-order valence-corrected chi connectivity index (χ4v) is 2.79. The van der Waals surface area contributed by atoms with E-state index >= 15 is 0 Å². The highest BCUT2D eigenvalue weighted by Gasteiger charge is 2.27. The average Bonchev–Trinajstić information content (AvgIpc) is 2.17. The number of halogens is 1. The third kappa shape index (κ3) is 5.80. The Morgan fingerprint density at radius 2 is 1.73 bits per heavy atom. The van der Waals surface area contributed by atoms with Gasteiger partial charge in [0.2, 0.25) is 0 Å². The van der Waals surface area contributed by atoms with Gasteiger partial charge in [0.15, 0.2) is 0 Å². The SMILES string of the molecule is CCCC(C)(C)C(CCl)CCC(C)CC. The lowest BCUT2D eigenvalue weighted by Gasteiger charge is -2.33. The Kier molecular flexibility index (Phi) is 7.69. The van der Waals surface area contributed by atoms with Gasteiger partial charge in [-0.25, -0.2) is 0 Å². The molecule has 0 aliphatic carbocycles. The third-order valence-corrected chi connectivity index (χ3v) is 4.26. The molecule has 0 aromatic rings. The first-order valence-corrected chi connectivity index (χ1v) is 7.07. The van der Waals surface area contributed by atoms with Crippen LogP contribution in [0.4, 0.5) is 0 Å². The number of hydrogen-bond donors (Lipinski definition) is 0. The summed E-state index contributed by atoms with van der Waals surface area (Å²) in [5, 5.41) is 0. The number of hydrogen-bond acceptors (Lipinski definition) is 0. The molecule has 2 atom stereocenters. The first kappa shape index (κ1) is 15.3. The second kappa shape index (κ2) is 7.54. The van der Waals surface area contributed by atoms with Gasteiger partial charge >= 0.3 is 0 Å². The predicted octanol–water partition coefficient (Wildman–Crippen LogP) is 5.49. The van der Waals surface area contributed by atoms with Crippen LogP contribution >= 0.6 is 11.6 Å². The van der Waals surface area contributed by atoms with Gasteiger partial charge in [0, 0.05) is 5.88 Å². The number of rotatable bonds is 8. The topological polar surface area (TPSA) is 0 Å². The van der Waals surface area contributed by atoms with Crippen LogP contribution < -0.4 is 0 Å². The van der Waals surface area contributed by atoms with Crippen LogP contribution in [-0.4, -0.2) is 5.88 Å². The standard InChI is InChI=1S/C14H29Cl/c1-6-10-14(4,5)13(11-15)9-8-12(3)7-2/h12-13H,6-11H2,1-5H3. The molecule has 0 N–H and O–H groups in total. The van der Waals surface area contributed by atoms with Gasteiger partial charge in [-0.2, -0.15) is 0 Å². The summed E-state index contributed by atoms with van der Waals surface area (Å²) in [6.07, 6.45) is 6.49. The van der Waals surface area contributed by atoms with Crippen molar-refractivity contribution >= 4 is 11.6 Å². The molecule has 0 aromatic heterocycles. The van der Waals surface area contributed by atoms with E-state index in [1.165, 1.54) is 32.1 Å². The molecule has 0 saturated carbocycles. The second-order valence-electron chi connectivity index (χ2n) is 5.68. The molecule has 0 aromatic carbocycles. The summed E-state index contributed by atoms with van der Waals surface area (Å²) in [5.74, 6) is 2.37. The van der Waals surface area contributed by atoms with Crippen molar-refractivity contribution in [2.24, 2.45) is 17.3 Å². The molecule has 0 fully saturated rings. The van der Waals surface area contributed by atoms with Gasteiger partial charge in [-0.15, -0.1) is 11.6 Å². The largest absolute Gasteiger partial charge is 0.126 e. The van der Waals surface area contributed by atoms with Crippen molar-refractivity contribution in [2.75, 3.05) is 5.88 Å². The van der Waals surface area contributed by atoms with Crippen molar-refractivity contribution in [3.8, 4) is 0 Å². The molecular formula is C14H29Cl. The summed E-state index contributed by atoms with van der Waals surface area (Å²) in [6, 6.07) is 0. The van der Waals surface area contributed by atoms with Crippen LogP contribution in [0.2, 0.25) is 0 Å². The molecule has 0 radical (unpaired) electrons. The third-order valence-electron chi connectivity index (χ3n) is 3.89. The van der Waals surface area contributed by atoms with Crippen LogP contribution in [0.25, 0.3) is 0 Å². The van der Waals surface area contributed by atoms with Crippen LogP contribution in [0, 0.1) is 17.3 Å². The minimum absolute atomic E-state index is 0.421. The zero-order valence-electron chi connectivity index (χ0n) is 11.3. The molecule has 0 nitrogen and oxygen atoms in total. The Hall–Kier alpha value is 0.290. The van der Waals surface area contributed by atoms with Gasteiger partial charge in [-0.3, -0.25) is 0 Å². The van der Waals surface area contributed by atoms with Crippen LogP contribution in [0.5, 0.6) is 0 Å². The quantitative estimate of drug-likeness (QED) is 0.485. The van der Waals surface area contributed by atoms with E-state index in [2.05, 4.69) is 34.6 Å². The van der Waals surface area contributed by atoms with E-state index in [9.17, 15) is 0 Å². The Morgan fingerprint density at radius 1 is 1.13 bits per heavy atom. The summed E-state index contributed by atoms with van der Waals surface area (Å²) < 4.78 is 0. The predicted molar refractivity (Wildman–Crippen MR) is 71.6 cm³/mol. The van der Waals surface area contributed by atoms with Gasteiger partial charge in [0.25, 0.3) is 0 Å². The number of alkyl halides is 1. The van der Waals surface area contributed by atoms with Crippen molar-refractivity contribution in [1.29, 1.82) is 0 Å². The molecule has 0 heterocycles. The molecule has 0 aliphatic rings. The van der Waals surface area contributed by atoms with E-state index in [1.54, 1.807) is 0 Å². The van der Waals surface area contributed by atoms with E-state index in [0.717, 1.165) is 11.8 Å². The Bertz CT molecular complexity index is 151. The maximum atomic E-state index is 6.11. The van der Waals surface area contributed by atoms with Gasteiger partial charge in [-0.1, -0.05) is 53.9 Å². The Labute approximate surface area is 102 Å². The molecule has 0 spiro atoms. The zero-order valence-corrected chi connectivity index (χ0v) is 12.0. The van der Waals surface area contributed by atoms with E-state index in [1.807, 2.05) is 0 Å². The van der Waals surface area contributed by atoms with Crippen molar-refractivity contribution in [3.05, 3.63) is 0 Å². The molecule has 0 saturated heterocycles. The van der Waals surface area contributed by atoms with Crippen LogP contribution in [0.15, 0.2) is 0 Å². The first-order valence-electron chi connectivity index (χ1n) is 6.53. The van der Waals surface area contributed by atoms with Crippen LogP contribution in [0.3, 0.4) is 0 Å². The van der Waals surface area contributed by atoms with E-state index in [-0.39, 0.29) is 0 Å². The van der Waals surface area contributed by atoms with Gasteiger partial charge in [-0.05, 0) is 30.1 Å². The summed E-state index contributed by atoms with van der Waals surface area (Å²) in [6.45, 7) is 11.6. The molecule has 1 heteroatoms. The maximum absolute atomic E-state index is 6.11. The molecule has 15 heavy (non-hydrogen) atoms. The van der Waals surface area contributed by atoms with Crippen molar-refractivity contribution in [3.63, 3.8) is 0 Å². The molecule has 0 amide bonds. The summed E-state index contributed by atoms with van der Waals surface area (Å²) in [5.41, 5.74) is 0.421. The fourth-order valence-electron chi connectivity index (χ4n) is 2.22. The normalized spacial score (nSPS) is 16.4. The maximum Gasteiger partial charge on any atom is 0.0256 e. The summed E-state index contributed by atoms with van der Waals surface area (Å²) in [7, 11) is 0. The Balaban J connectivity index is 4.11. The average molecular weight is 233 g/mol. The van der Waals surface area contributed by atoms with Gasteiger partial charge in [0.1, 0.15) is 0 Å². The molecule has 0 rings (SSSR count). The minimum atomic E-state index is 0.421. The minimum Gasteiger partial charge on any atom is -0.126 e. The van der Waals surface area contributed by atoms with Crippen LogP contribution in [0.1, 0.15) is 66.7 Å². The van der Waals surface area contributed by atoms with Crippen LogP contribution in [-0.2, 0) is 0 Å². The molecule has 0 bridgehead atoms. The first-order chi connectivity index (χ1) is 6.97. The monoisotopic (exact) mass is 232 g/mol. The van der Waals surface area contributed by atoms with E-state index < -0.39 is 0 Å². The lowest BCUT2D eigenvalue weighted by molar-refractivity contribution is 0.191. The van der Waals surface area contributed by atoms with Gasteiger partial charge in [0.05, 0.1) is 0 Å². The smallest absolute Gasteiger partial charge is 0.0256 e. The highest BCUT2D eigenvalue weighted by Crippen LogP contribution is 2.36. The van der Waals surface area contributed by atoms with Gasteiger partial charge < -0.3 is 0 Å².